The van der Waals surface area contributed by atoms with E-state index in [0.717, 1.165) is 43.1 Å². The molecule has 18 heavy (non-hydrogen) atoms. The van der Waals surface area contributed by atoms with E-state index in [1.807, 2.05) is 19.9 Å². The first kappa shape index (κ1) is 12.9. The minimum atomic E-state index is -0.356. The third kappa shape index (κ3) is 2.20. The molecule has 2 rings (SSSR count). The van der Waals surface area contributed by atoms with Crippen LogP contribution in [0.1, 0.15) is 27.0 Å². The predicted octanol–water partition coefficient (Wildman–Crippen LogP) is 1.55. The van der Waals surface area contributed by atoms with Gasteiger partial charge in [-0.1, -0.05) is 0 Å². The Morgan fingerprint density at radius 3 is 2.39 bits per heavy atom. The van der Waals surface area contributed by atoms with Gasteiger partial charge < -0.3 is 15.4 Å². The highest BCUT2D eigenvalue weighted by Crippen LogP contribution is 2.30. The number of hydrogen-bond donors (Lipinski definition) is 1. The molecule has 1 saturated heterocycles. The fourth-order valence-electron chi connectivity index (χ4n) is 2.55. The lowest BCUT2D eigenvalue weighted by atomic mass is 9.96. The number of hydrogen-bond acceptors (Lipinski definition) is 3. The minimum absolute atomic E-state index is 0.356. The first-order chi connectivity index (χ1) is 8.52. The molecule has 0 aliphatic carbocycles. The van der Waals surface area contributed by atoms with Crippen molar-refractivity contribution in [1.82, 2.24) is 0 Å². The van der Waals surface area contributed by atoms with Crippen LogP contribution in [-0.4, -0.2) is 32.2 Å². The Morgan fingerprint density at radius 1 is 1.22 bits per heavy atom. The zero-order chi connectivity index (χ0) is 13.3. The second-order valence-electron chi connectivity index (χ2n) is 4.80. The molecule has 0 radical (unpaired) electrons. The largest absolute Gasteiger partial charge is 0.378 e. The molecule has 0 atom stereocenters. The van der Waals surface area contributed by atoms with Crippen LogP contribution in [0, 0.1) is 20.8 Å². The van der Waals surface area contributed by atoms with Crippen molar-refractivity contribution in [2.45, 2.75) is 20.8 Å². The predicted molar refractivity (Wildman–Crippen MR) is 72.2 cm³/mol. The van der Waals surface area contributed by atoms with E-state index in [0.29, 0.717) is 5.56 Å². The van der Waals surface area contributed by atoms with Crippen LogP contribution in [0.3, 0.4) is 0 Å². The number of morpholine rings is 1. The monoisotopic (exact) mass is 248 g/mol. The Balaban J connectivity index is 2.53. The summed E-state index contributed by atoms with van der Waals surface area (Å²) in [5, 5.41) is 0. The van der Waals surface area contributed by atoms with Crippen LogP contribution in [0.2, 0.25) is 0 Å². The molecule has 1 aromatic rings. The topological polar surface area (TPSA) is 55.6 Å². The van der Waals surface area contributed by atoms with Gasteiger partial charge in [-0.2, -0.15) is 0 Å². The molecule has 1 amide bonds. The lowest BCUT2D eigenvalue weighted by Gasteiger charge is -2.32. The van der Waals surface area contributed by atoms with Gasteiger partial charge in [0.25, 0.3) is 0 Å². The van der Waals surface area contributed by atoms with Gasteiger partial charge in [-0.3, -0.25) is 4.79 Å². The fourth-order valence-corrected chi connectivity index (χ4v) is 2.55. The van der Waals surface area contributed by atoms with E-state index < -0.39 is 0 Å². The molecule has 0 aromatic heterocycles. The number of carbonyl (C=O) groups excluding carboxylic acids is 1. The first-order valence-corrected chi connectivity index (χ1v) is 6.25. The van der Waals surface area contributed by atoms with Gasteiger partial charge in [0.15, 0.2) is 0 Å². The quantitative estimate of drug-likeness (QED) is 0.864. The van der Waals surface area contributed by atoms with E-state index in [1.54, 1.807) is 0 Å². The Hall–Kier alpha value is -1.55. The molecule has 1 heterocycles. The van der Waals surface area contributed by atoms with Crippen molar-refractivity contribution in [2.24, 2.45) is 5.73 Å². The minimum Gasteiger partial charge on any atom is -0.378 e. The summed E-state index contributed by atoms with van der Waals surface area (Å²) in [6, 6.07) is 1.89. The Kier molecular flexibility index (Phi) is 3.57. The second-order valence-corrected chi connectivity index (χ2v) is 4.80. The number of nitrogens with two attached hydrogens (primary N) is 1. The van der Waals surface area contributed by atoms with Gasteiger partial charge in [-0.05, 0) is 43.5 Å². The van der Waals surface area contributed by atoms with Crippen molar-refractivity contribution in [3.8, 4) is 0 Å². The van der Waals surface area contributed by atoms with Crippen LogP contribution in [-0.2, 0) is 4.74 Å². The summed E-state index contributed by atoms with van der Waals surface area (Å²) in [4.78, 5) is 13.8. The number of benzene rings is 1. The second kappa shape index (κ2) is 4.98. The molecule has 1 aliphatic rings. The van der Waals surface area contributed by atoms with Gasteiger partial charge >= 0.3 is 0 Å². The van der Waals surface area contributed by atoms with E-state index in [9.17, 15) is 4.79 Å². The van der Waals surface area contributed by atoms with E-state index in [4.69, 9.17) is 10.5 Å². The molecular formula is C14H20N2O2. The lowest BCUT2D eigenvalue weighted by molar-refractivity contribution is 0.0999. The van der Waals surface area contributed by atoms with Gasteiger partial charge in [-0.25, -0.2) is 0 Å². The van der Waals surface area contributed by atoms with Crippen LogP contribution in [0.4, 0.5) is 5.69 Å². The normalized spacial score (nSPS) is 15.8. The molecule has 1 aliphatic heterocycles. The maximum absolute atomic E-state index is 11.5. The van der Waals surface area contributed by atoms with Gasteiger partial charge in [0.2, 0.25) is 5.91 Å². The highest BCUT2D eigenvalue weighted by atomic mass is 16.5. The molecule has 0 spiro atoms. The van der Waals surface area contributed by atoms with Gasteiger partial charge in [0.1, 0.15) is 0 Å². The SMILES string of the molecule is Cc1cc(C(N)=O)c(C)c(N2CCOCC2)c1C. The number of aryl methyl sites for hydroxylation is 1. The Bertz CT molecular complexity index is 477. The van der Waals surface area contributed by atoms with Gasteiger partial charge in [0, 0.05) is 24.3 Å². The molecule has 2 N–H and O–H groups in total. The zero-order valence-electron chi connectivity index (χ0n) is 11.2. The molecule has 1 aromatic carbocycles. The van der Waals surface area contributed by atoms with Crippen molar-refractivity contribution < 1.29 is 9.53 Å². The summed E-state index contributed by atoms with van der Waals surface area (Å²) >= 11 is 0. The molecular weight excluding hydrogens is 228 g/mol. The van der Waals surface area contributed by atoms with E-state index in [1.165, 1.54) is 5.56 Å². The van der Waals surface area contributed by atoms with E-state index in [-0.39, 0.29) is 5.91 Å². The number of primary amides is 1. The number of anilines is 1. The standard InChI is InChI=1S/C14H20N2O2/c1-9-8-12(14(15)17)11(3)13(10(9)2)16-4-6-18-7-5-16/h8H,4-7H2,1-3H3,(H2,15,17). The summed E-state index contributed by atoms with van der Waals surface area (Å²) in [5.74, 6) is -0.356. The average Bonchev–Trinajstić information content (AvgIpc) is 2.35. The van der Waals surface area contributed by atoms with Crippen LogP contribution in [0.15, 0.2) is 6.07 Å². The van der Waals surface area contributed by atoms with E-state index >= 15 is 0 Å². The highest BCUT2D eigenvalue weighted by Gasteiger charge is 2.20. The maximum atomic E-state index is 11.5. The summed E-state index contributed by atoms with van der Waals surface area (Å²) in [5.41, 5.74) is 10.5. The van der Waals surface area contributed by atoms with Crippen LogP contribution in [0.25, 0.3) is 0 Å². The number of nitrogens with zero attached hydrogens (tertiary/aromatic N) is 1. The third-order valence-corrected chi connectivity index (χ3v) is 3.66. The molecule has 0 saturated carbocycles. The zero-order valence-corrected chi connectivity index (χ0v) is 11.2. The van der Waals surface area contributed by atoms with Crippen molar-refractivity contribution in [2.75, 3.05) is 31.2 Å². The van der Waals surface area contributed by atoms with Gasteiger partial charge in [-0.15, -0.1) is 0 Å². The van der Waals surface area contributed by atoms with Crippen molar-refractivity contribution >= 4 is 11.6 Å². The van der Waals surface area contributed by atoms with Crippen molar-refractivity contribution in [3.63, 3.8) is 0 Å². The Morgan fingerprint density at radius 2 is 1.83 bits per heavy atom. The molecule has 0 bridgehead atoms. The van der Waals surface area contributed by atoms with Gasteiger partial charge in [0.05, 0.1) is 13.2 Å². The van der Waals surface area contributed by atoms with Crippen LogP contribution in [0.5, 0.6) is 0 Å². The first-order valence-electron chi connectivity index (χ1n) is 6.25. The average molecular weight is 248 g/mol. The number of rotatable bonds is 2. The number of carbonyl (C=O) groups is 1. The summed E-state index contributed by atoms with van der Waals surface area (Å²) in [6.45, 7) is 9.28. The molecule has 4 nitrogen and oxygen atoms in total. The van der Waals surface area contributed by atoms with E-state index in [2.05, 4.69) is 11.8 Å². The smallest absolute Gasteiger partial charge is 0.249 e. The van der Waals surface area contributed by atoms with Crippen molar-refractivity contribution in [1.29, 1.82) is 0 Å². The highest BCUT2D eigenvalue weighted by molar-refractivity contribution is 5.96. The summed E-state index contributed by atoms with van der Waals surface area (Å²) in [6.07, 6.45) is 0. The van der Waals surface area contributed by atoms with Crippen LogP contribution >= 0.6 is 0 Å². The summed E-state index contributed by atoms with van der Waals surface area (Å²) in [7, 11) is 0. The van der Waals surface area contributed by atoms with Crippen molar-refractivity contribution in [3.05, 3.63) is 28.3 Å². The Labute approximate surface area is 108 Å². The van der Waals surface area contributed by atoms with Crippen LogP contribution < -0.4 is 10.6 Å². The molecule has 1 fully saturated rings. The summed E-state index contributed by atoms with van der Waals surface area (Å²) < 4.78 is 5.38. The molecule has 98 valence electrons. The number of ether oxygens (including phenoxy) is 1. The lowest BCUT2D eigenvalue weighted by Crippen LogP contribution is -2.37. The molecule has 0 unspecified atom stereocenters. The third-order valence-electron chi connectivity index (χ3n) is 3.66. The number of amides is 1. The maximum Gasteiger partial charge on any atom is 0.249 e. The fraction of sp³-hybridized carbons (Fsp3) is 0.500. The molecule has 4 heteroatoms.